The molecule has 0 aliphatic carbocycles. The average Bonchev–Trinajstić information content (AvgIpc) is 2.14. The molecule has 13 heavy (non-hydrogen) atoms. The molecule has 0 aliphatic rings. The molecule has 0 fully saturated rings. The SMILES string of the molecule is CC#CCOC(=O)C(=O)OC#CC. The van der Waals surface area contributed by atoms with Crippen molar-refractivity contribution in [1.29, 1.82) is 0 Å². The number of ether oxygens (including phenoxy) is 2. The van der Waals surface area contributed by atoms with Crippen molar-refractivity contribution in [2.24, 2.45) is 0 Å². The molecular weight excluding hydrogens is 172 g/mol. The van der Waals surface area contributed by atoms with Gasteiger partial charge in [-0.15, -0.1) is 5.92 Å². The van der Waals surface area contributed by atoms with Gasteiger partial charge in [-0.2, -0.15) is 0 Å². The van der Waals surface area contributed by atoms with Crippen LogP contribution >= 0.6 is 0 Å². The Morgan fingerprint density at radius 3 is 2.38 bits per heavy atom. The highest BCUT2D eigenvalue weighted by Crippen LogP contribution is 1.82. The zero-order chi connectivity index (χ0) is 10.1. The molecule has 4 nitrogen and oxygen atoms in total. The predicted octanol–water partition coefficient (Wildman–Crippen LogP) is 0.0769. The van der Waals surface area contributed by atoms with Crippen LogP contribution < -0.4 is 0 Å². The van der Waals surface area contributed by atoms with Crippen molar-refractivity contribution in [2.45, 2.75) is 13.8 Å². The minimum absolute atomic E-state index is 0.121. The van der Waals surface area contributed by atoms with Gasteiger partial charge in [0.15, 0.2) is 6.61 Å². The van der Waals surface area contributed by atoms with Crippen molar-refractivity contribution in [3.05, 3.63) is 0 Å². The molecular formula is C9H8O4. The summed E-state index contributed by atoms with van der Waals surface area (Å²) in [6.07, 6.45) is 1.98. The monoisotopic (exact) mass is 180 g/mol. The highest BCUT2D eigenvalue weighted by molar-refractivity contribution is 6.30. The smallest absolute Gasteiger partial charge is 0.431 e. The van der Waals surface area contributed by atoms with E-state index in [-0.39, 0.29) is 6.61 Å². The molecule has 0 rings (SSSR count). The molecule has 0 aromatic heterocycles. The van der Waals surface area contributed by atoms with E-state index in [2.05, 4.69) is 27.2 Å². The Balaban J connectivity index is 3.85. The van der Waals surface area contributed by atoms with E-state index in [0.29, 0.717) is 0 Å². The van der Waals surface area contributed by atoms with Gasteiger partial charge in [0.2, 0.25) is 0 Å². The Kier molecular flexibility index (Phi) is 5.74. The minimum atomic E-state index is -1.13. The first-order valence-corrected chi connectivity index (χ1v) is 3.41. The summed E-state index contributed by atoms with van der Waals surface area (Å²) >= 11 is 0. The Bertz CT molecular complexity index is 308. The van der Waals surface area contributed by atoms with Gasteiger partial charge in [-0.1, -0.05) is 11.8 Å². The molecule has 0 saturated carbocycles. The fraction of sp³-hybridized carbons (Fsp3) is 0.333. The molecule has 4 heteroatoms. The Hall–Kier alpha value is -1.94. The molecule has 0 amide bonds. The number of rotatable bonds is 1. The maximum atomic E-state index is 10.7. The van der Waals surface area contributed by atoms with Crippen LogP contribution in [0.2, 0.25) is 0 Å². The molecule has 0 aromatic carbocycles. The van der Waals surface area contributed by atoms with E-state index in [0.717, 1.165) is 0 Å². The van der Waals surface area contributed by atoms with Crippen LogP contribution in [0.3, 0.4) is 0 Å². The van der Waals surface area contributed by atoms with E-state index in [1.165, 1.54) is 6.92 Å². The Labute approximate surface area is 76.2 Å². The van der Waals surface area contributed by atoms with Crippen molar-refractivity contribution in [1.82, 2.24) is 0 Å². The summed E-state index contributed by atoms with van der Waals surface area (Å²) in [7, 11) is 0. The lowest BCUT2D eigenvalue weighted by Gasteiger charge is -1.95. The highest BCUT2D eigenvalue weighted by Gasteiger charge is 2.15. The molecule has 68 valence electrons. The van der Waals surface area contributed by atoms with Gasteiger partial charge in [0.1, 0.15) is 6.11 Å². The predicted molar refractivity (Wildman–Crippen MR) is 44.0 cm³/mol. The maximum Gasteiger partial charge on any atom is 0.431 e. The third-order valence-electron chi connectivity index (χ3n) is 0.865. The van der Waals surface area contributed by atoms with Gasteiger partial charge in [0.05, 0.1) is 0 Å². The van der Waals surface area contributed by atoms with Crippen molar-refractivity contribution >= 4 is 11.9 Å². The minimum Gasteiger partial charge on any atom is -0.444 e. The van der Waals surface area contributed by atoms with Crippen LogP contribution in [0, 0.1) is 23.9 Å². The molecule has 0 unspecified atom stereocenters. The molecule has 0 atom stereocenters. The summed E-state index contributed by atoms with van der Waals surface area (Å²) in [5, 5.41) is 0. The average molecular weight is 180 g/mol. The van der Waals surface area contributed by atoms with E-state index in [1.807, 2.05) is 6.11 Å². The topological polar surface area (TPSA) is 52.6 Å². The van der Waals surface area contributed by atoms with Gasteiger partial charge in [-0.25, -0.2) is 9.59 Å². The maximum absolute atomic E-state index is 10.7. The summed E-state index contributed by atoms with van der Waals surface area (Å²) in [6, 6.07) is 0. The Morgan fingerprint density at radius 1 is 1.15 bits per heavy atom. The molecule has 0 heterocycles. The first-order chi connectivity index (χ1) is 6.22. The van der Waals surface area contributed by atoms with Gasteiger partial charge >= 0.3 is 11.9 Å². The first-order valence-electron chi connectivity index (χ1n) is 3.41. The fourth-order valence-corrected chi connectivity index (χ4v) is 0.372. The largest absolute Gasteiger partial charge is 0.444 e. The van der Waals surface area contributed by atoms with Gasteiger partial charge in [-0.05, 0) is 6.92 Å². The molecule has 0 aliphatic heterocycles. The van der Waals surface area contributed by atoms with Crippen LogP contribution in [0.1, 0.15) is 13.8 Å². The highest BCUT2D eigenvalue weighted by atomic mass is 16.6. The summed E-state index contributed by atoms with van der Waals surface area (Å²) in [4.78, 5) is 21.3. The lowest BCUT2D eigenvalue weighted by atomic mass is 10.6. The Morgan fingerprint density at radius 2 is 1.85 bits per heavy atom. The lowest BCUT2D eigenvalue weighted by Crippen LogP contribution is -2.18. The number of hydrogen-bond donors (Lipinski definition) is 0. The molecule has 0 aromatic rings. The van der Waals surface area contributed by atoms with Crippen LogP contribution in [0.4, 0.5) is 0 Å². The van der Waals surface area contributed by atoms with Crippen LogP contribution in [0.25, 0.3) is 0 Å². The standard InChI is InChI=1S/C9H8O4/c1-3-5-7-13-9(11)8(10)12-6-4-2/h7H2,1-2H3. The lowest BCUT2D eigenvalue weighted by molar-refractivity contribution is -0.162. The van der Waals surface area contributed by atoms with E-state index in [4.69, 9.17) is 0 Å². The number of esters is 2. The zero-order valence-electron chi connectivity index (χ0n) is 7.34. The van der Waals surface area contributed by atoms with Crippen LogP contribution in [0.15, 0.2) is 0 Å². The summed E-state index contributed by atoms with van der Waals surface area (Å²) in [6.45, 7) is 2.94. The second kappa shape index (κ2) is 6.75. The van der Waals surface area contributed by atoms with Crippen LogP contribution in [-0.2, 0) is 19.1 Å². The third-order valence-corrected chi connectivity index (χ3v) is 0.865. The quantitative estimate of drug-likeness (QED) is 0.325. The van der Waals surface area contributed by atoms with E-state index < -0.39 is 11.9 Å². The van der Waals surface area contributed by atoms with Crippen LogP contribution in [-0.4, -0.2) is 18.5 Å². The zero-order valence-corrected chi connectivity index (χ0v) is 7.34. The van der Waals surface area contributed by atoms with E-state index in [1.54, 1.807) is 6.92 Å². The molecule has 0 spiro atoms. The van der Waals surface area contributed by atoms with Crippen molar-refractivity contribution < 1.29 is 19.1 Å². The van der Waals surface area contributed by atoms with Gasteiger partial charge in [0.25, 0.3) is 0 Å². The van der Waals surface area contributed by atoms with Crippen molar-refractivity contribution in [3.8, 4) is 23.9 Å². The summed E-state index contributed by atoms with van der Waals surface area (Å²) < 4.78 is 8.55. The number of carbonyl (C=O) groups excluding carboxylic acids is 2. The van der Waals surface area contributed by atoms with Gasteiger partial charge in [0, 0.05) is 6.92 Å². The van der Waals surface area contributed by atoms with Gasteiger partial charge < -0.3 is 9.47 Å². The summed E-state index contributed by atoms with van der Waals surface area (Å²) in [5.74, 6) is 5.02. The third kappa shape index (κ3) is 5.34. The van der Waals surface area contributed by atoms with Crippen molar-refractivity contribution in [2.75, 3.05) is 6.61 Å². The van der Waals surface area contributed by atoms with Crippen LogP contribution in [0.5, 0.6) is 0 Å². The molecule has 0 bridgehead atoms. The second-order valence-corrected chi connectivity index (χ2v) is 1.74. The van der Waals surface area contributed by atoms with E-state index in [9.17, 15) is 9.59 Å². The number of carbonyl (C=O) groups is 2. The van der Waals surface area contributed by atoms with E-state index >= 15 is 0 Å². The first kappa shape index (κ1) is 11.1. The second-order valence-electron chi connectivity index (χ2n) is 1.74. The normalized spacial score (nSPS) is 6.92. The number of hydrogen-bond acceptors (Lipinski definition) is 4. The molecule has 0 radical (unpaired) electrons. The molecule has 0 saturated heterocycles. The fourth-order valence-electron chi connectivity index (χ4n) is 0.372. The molecule has 0 N–H and O–H groups in total. The van der Waals surface area contributed by atoms with Crippen molar-refractivity contribution in [3.63, 3.8) is 0 Å². The van der Waals surface area contributed by atoms with Gasteiger partial charge in [-0.3, -0.25) is 0 Å². The summed E-state index contributed by atoms with van der Waals surface area (Å²) in [5.41, 5.74) is 0.